The molecule has 1 aliphatic rings. The van der Waals surface area contributed by atoms with Gasteiger partial charge >= 0.3 is 8.80 Å². The Labute approximate surface area is 113 Å². The lowest BCUT2D eigenvalue weighted by Gasteiger charge is -2.34. The zero-order chi connectivity index (χ0) is 13.3. The van der Waals surface area contributed by atoms with Gasteiger partial charge in [-0.25, -0.2) is 0 Å². The van der Waals surface area contributed by atoms with E-state index in [1.807, 2.05) is 13.8 Å². The van der Waals surface area contributed by atoms with E-state index in [-0.39, 0.29) is 0 Å². The normalized spacial score (nSPS) is 18.6. The quantitative estimate of drug-likeness (QED) is 0.381. The highest BCUT2D eigenvalue weighted by Crippen LogP contribution is 2.37. The topological polar surface area (TPSA) is 27.7 Å². The van der Waals surface area contributed by atoms with Crippen LogP contribution in [0.5, 0.6) is 0 Å². The Morgan fingerprint density at radius 2 is 1.56 bits per heavy atom. The Morgan fingerprint density at radius 1 is 1.00 bits per heavy atom. The predicted molar refractivity (Wildman–Crippen MR) is 76.6 cm³/mol. The molecule has 0 radical (unpaired) electrons. The second kappa shape index (κ2) is 8.86. The molecule has 3 nitrogen and oxygen atoms in total. The summed E-state index contributed by atoms with van der Waals surface area (Å²) in [6.45, 7) is 9.64. The molecular formula is C14H28O3Si. The largest absolute Gasteiger partial charge is 0.504 e. The van der Waals surface area contributed by atoms with Gasteiger partial charge in [-0.05, 0) is 26.7 Å². The van der Waals surface area contributed by atoms with Gasteiger partial charge in [0.2, 0.25) is 0 Å². The zero-order valence-corrected chi connectivity index (χ0v) is 13.0. The first kappa shape index (κ1) is 15.9. The van der Waals surface area contributed by atoms with Crippen molar-refractivity contribution in [3.05, 3.63) is 12.7 Å². The molecule has 18 heavy (non-hydrogen) atoms. The van der Waals surface area contributed by atoms with Gasteiger partial charge in [0.05, 0.1) is 6.61 Å². The first-order chi connectivity index (χ1) is 8.79. The maximum atomic E-state index is 6.03. The Kier molecular flexibility index (Phi) is 7.82. The van der Waals surface area contributed by atoms with Gasteiger partial charge in [-0.15, -0.1) is 6.58 Å². The highest BCUT2D eigenvalue weighted by atomic mass is 28.4. The molecule has 0 amide bonds. The summed E-state index contributed by atoms with van der Waals surface area (Å²) in [6, 6.07) is 0. The molecule has 0 unspecified atom stereocenters. The summed E-state index contributed by atoms with van der Waals surface area (Å²) in [4.78, 5) is 0. The van der Waals surface area contributed by atoms with Crippen LogP contribution < -0.4 is 0 Å². The average molecular weight is 272 g/mol. The molecule has 1 fully saturated rings. The summed E-state index contributed by atoms with van der Waals surface area (Å²) in [7, 11) is -2.52. The second-order valence-corrected chi connectivity index (χ2v) is 7.65. The van der Waals surface area contributed by atoms with Crippen molar-refractivity contribution < 1.29 is 13.3 Å². The van der Waals surface area contributed by atoms with E-state index in [2.05, 4.69) is 6.58 Å². The molecule has 0 aliphatic heterocycles. The zero-order valence-electron chi connectivity index (χ0n) is 12.0. The SMILES string of the molecule is C=CCO[Si](OCC)(OCC)C1CCCCCC1. The lowest BCUT2D eigenvalue weighted by atomic mass is 10.2. The highest BCUT2D eigenvalue weighted by Gasteiger charge is 2.48. The van der Waals surface area contributed by atoms with Crippen molar-refractivity contribution in [2.75, 3.05) is 19.8 Å². The molecule has 0 aromatic heterocycles. The van der Waals surface area contributed by atoms with Gasteiger partial charge in [0.25, 0.3) is 0 Å². The first-order valence-corrected chi connectivity index (χ1v) is 9.12. The van der Waals surface area contributed by atoms with Crippen LogP contribution in [0.3, 0.4) is 0 Å². The lowest BCUT2D eigenvalue weighted by Crippen LogP contribution is -2.50. The molecule has 0 atom stereocenters. The molecule has 4 heteroatoms. The summed E-state index contributed by atoms with van der Waals surface area (Å²) in [6.07, 6.45) is 9.37. The van der Waals surface area contributed by atoms with Crippen molar-refractivity contribution in [2.45, 2.75) is 57.9 Å². The molecule has 0 bridgehead atoms. The summed E-state index contributed by atoms with van der Waals surface area (Å²) in [5, 5.41) is 0. The summed E-state index contributed by atoms with van der Waals surface area (Å²) in [5.41, 5.74) is 0.472. The molecule has 0 spiro atoms. The van der Waals surface area contributed by atoms with Gasteiger partial charge < -0.3 is 13.3 Å². The summed E-state index contributed by atoms with van der Waals surface area (Å²) in [5.74, 6) is 0. The fraction of sp³-hybridized carbons (Fsp3) is 0.857. The molecule has 1 rings (SSSR count). The molecule has 0 aromatic carbocycles. The van der Waals surface area contributed by atoms with Crippen LogP contribution in [0, 0.1) is 0 Å². The predicted octanol–water partition coefficient (Wildman–Crippen LogP) is 3.93. The summed E-state index contributed by atoms with van der Waals surface area (Å²) < 4.78 is 18.1. The van der Waals surface area contributed by atoms with Crippen LogP contribution in [0.15, 0.2) is 12.7 Å². The van der Waals surface area contributed by atoms with E-state index in [0.717, 1.165) is 0 Å². The molecule has 1 aliphatic carbocycles. The lowest BCUT2D eigenvalue weighted by molar-refractivity contribution is 0.0633. The van der Waals surface area contributed by atoms with E-state index < -0.39 is 8.80 Å². The Bertz CT molecular complexity index is 219. The van der Waals surface area contributed by atoms with Crippen molar-refractivity contribution in [1.29, 1.82) is 0 Å². The highest BCUT2D eigenvalue weighted by molar-refractivity contribution is 6.62. The van der Waals surface area contributed by atoms with Crippen molar-refractivity contribution >= 4 is 8.80 Å². The minimum Gasteiger partial charge on any atom is -0.374 e. The second-order valence-electron chi connectivity index (χ2n) is 4.76. The number of hydrogen-bond acceptors (Lipinski definition) is 3. The van der Waals surface area contributed by atoms with E-state index in [1.54, 1.807) is 6.08 Å². The van der Waals surface area contributed by atoms with Crippen molar-refractivity contribution in [3.8, 4) is 0 Å². The van der Waals surface area contributed by atoms with Crippen molar-refractivity contribution in [1.82, 2.24) is 0 Å². The van der Waals surface area contributed by atoms with Crippen LogP contribution in [0.2, 0.25) is 5.54 Å². The van der Waals surface area contributed by atoms with Gasteiger partial charge in [0, 0.05) is 18.8 Å². The number of rotatable bonds is 8. The van der Waals surface area contributed by atoms with Crippen LogP contribution in [-0.4, -0.2) is 28.6 Å². The molecule has 0 saturated heterocycles. The van der Waals surface area contributed by atoms with E-state index in [1.165, 1.54) is 38.5 Å². The van der Waals surface area contributed by atoms with Gasteiger partial charge in [-0.3, -0.25) is 0 Å². The minimum absolute atomic E-state index is 0.472. The van der Waals surface area contributed by atoms with Crippen molar-refractivity contribution in [2.24, 2.45) is 0 Å². The Balaban J connectivity index is 2.78. The van der Waals surface area contributed by atoms with Gasteiger partial charge in [-0.1, -0.05) is 31.8 Å². The number of hydrogen-bond donors (Lipinski definition) is 0. The van der Waals surface area contributed by atoms with Crippen LogP contribution in [0.25, 0.3) is 0 Å². The Morgan fingerprint density at radius 3 is 2.00 bits per heavy atom. The maximum absolute atomic E-state index is 6.03. The molecule has 106 valence electrons. The Hall–Kier alpha value is -0.163. The van der Waals surface area contributed by atoms with Crippen LogP contribution >= 0.6 is 0 Å². The minimum atomic E-state index is -2.52. The molecule has 1 saturated carbocycles. The molecule has 0 aromatic rings. The monoisotopic (exact) mass is 272 g/mol. The fourth-order valence-electron chi connectivity index (χ4n) is 2.69. The smallest absolute Gasteiger partial charge is 0.374 e. The van der Waals surface area contributed by atoms with E-state index in [4.69, 9.17) is 13.3 Å². The summed E-state index contributed by atoms with van der Waals surface area (Å²) >= 11 is 0. The maximum Gasteiger partial charge on any atom is 0.504 e. The fourth-order valence-corrected chi connectivity index (χ4v) is 5.92. The third-order valence-corrected chi connectivity index (χ3v) is 6.98. The van der Waals surface area contributed by atoms with Crippen LogP contribution in [0.1, 0.15) is 52.4 Å². The standard InChI is InChI=1S/C14H28O3Si/c1-4-13-17-18(15-5-2,16-6-3)14-11-9-7-8-10-12-14/h4,14H,1,5-13H2,2-3H3. The third-order valence-electron chi connectivity index (χ3n) is 3.45. The van der Waals surface area contributed by atoms with Gasteiger partial charge in [0.15, 0.2) is 0 Å². The van der Waals surface area contributed by atoms with Gasteiger partial charge in [-0.2, -0.15) is 0 Å². The molecular weight excluding hydrogens is 244 g/mol. The van der Waals surface area contributed by atoms with E-state index >= 15 is 0 Å². The van der Waals surface area contributed by atoms with E-state index in [0.29, 0.717) is 25.4 Å². The van der Waals surface area contributed by atoms with Crippen LogP contribution in [0.4, 0.5) is 0 Å². The van der Waals surface area contributed by atoms with Crippen LogP contribution in [-0.2, 0) is 13.3 Å². The molecule has 0 heterocycles. The molecule has 0 N–H and O–H groups in total. The third kappa shape index (κ3) is 4.50. The van der Waals surface area contributed by atoms with E-state index in [9.17, 15) is 0 Å². The average Bonchev–Trinajstić information content (AvgIpc) is 2.65. The van der Waals surface area contributed by atoms with Gasteiger partial charge in [0.1, 0.15) is 0 Å². The first-order valence-electron chi connectivity index (χ1n) is 7.31. The van der Waals surface area contributed by atoms with Crippen molar-refractivity contribution in [3.63, 3.8) is 0 Å².